The number of hydrogen-bond donors (Lipinski definition) is 2. The zero-order chi connectivity index (χ0) is 14.3. The number of oxazole rings is 1. The van der Waals surface area contributed by atoms with Crippen LogP contribution in [-0.4, -0.2) is 11.5 Å². The number of aromatic amines is 1. The average molecular weight is 274 g/mol. The number of fused-ring (bicyclic) bond motifs is 1. The van der Waals surface area contributed by atoms with Crippen molar-refractivity contribution in [1.29, 1.82) is 0 Å². The minimum atomic E-state index is -0.387. The molecule has 0 amide bonds. The summed E-state index contributed by atoms with van der Waals surface area (Å²) in [5.41, 5.74) is 3.03. The zero-order valence-corrected chi connectivity index (χ0v) is 12.3. The van der Waals surface area contributed by atoms with Crippen LogP contribution in [0.3, 0.4) is 0 Å². The van der Waals surface area contributed by atoms with E-state index in [1.165, 1.54) is 12.0 Å². The van der Waals surface area contributed by atoms with Gasteiger partial charge in [-0.05, 0) is 48.4 Å². The van der Waals surface area contributed by atoms with Crippen molar-refractivity contribution in [3.63, 3.8) is 0 Å². The quantitative estimate of drug-likeness (QED) is 0.880. The first-order valence-electron chi connectivity index (χ1n) is 7.37. The van der Waals surface area contributed by atoms with Crippen molar-refractivity contribution in [2.75, 3.05) is 6.54 Å². The molecule has 4 nitrogen and oxygen atoms in total. The third kappa shape index (κ3) is 2.40. The van der Waals surface area contributed by atoms with Crippen LogP contribution in [0.4, 0.5) is 0 Å². The minimum Gasteiger partial charge on any atom is -0.408 e. The Hall–Kier alpha value is -1.55. The van der Waals surface area contributed by atoms with Gasteiger partial charge in [0.25, 0.3) is 0 Å². The summed E-state index contributed by atoms with van der Waals surface area (Å²) in [6.07, 6.45) is 2.36. The molecule has 2 aromatic rings. The molecule has 4 heteroatoms. The number of rotatable bonds is 5. The van der Waals surface area contributed by atoms with E-state index >= 15 is 0 Å². The average Bonchev–Trinajstić information content (AvgIpc) is 2.85. The van der Waals surface area contributed by atoms with E-state index in [1.54, 1.807) is 0 Å². The molecule has 108 valence electrons. The SMILES string of the molecule is CCCNC(c1ccc2[nH]c(=O)oc2c1)C1CC1(C)C. The van der Waals surface area contributed by atoms with Crippen LogP contribution < -0.4 is 11.1 Å². The van der Waals surface area contributed by atoms with E-state index < -0.39 is 0 Å². The molecule has 2 unspecified atom stereocenters. The molecule has 1 aromatic heterocycles. The molecule has 1 heterocycles. The molecular weight excluding hydrogens is 252 g/mol. The molecule has 2 N–H and O–H groups in total. The maximum absolute atomic E-state index is 11.3. The fourth-order valence-electron chi connectivity index (χ4n) is 3.02. The van der Waals surface area contributed by atoms with Crippen LogP contribution in [0.5, 0.6) is 0 Å². The Balaban J connectivity index is 1.93. The van der Waals surface area contributed by atoms with Crippen molar-refractivity contribution in [2.24, 2.45) is 11.3 Å². The molecular formula is C16H22N2O2. The second-order valence-electron chi connectivity index (χ2n) is 6.50. The fourth-order valence-corrected chi connectivity index (χ4v) is 3.02. The highest BCUT2D eigenvalue weighted by Crippen LogP contribution is 2.57. The fraction of sp³-hybridized carbons (Fsp3) is 0.562. The van der Waals surface area contributed by atoms with Gasteiger partial charge in [-0.15, -0.1) is 0 Å². The lowest BCUT2D eigenvalue weighted by atomic mass is 9.96. The van der Waals surface area contributed by atoms with Gasteiger partial charge < -0.3 is 9.73 Å². The Labute approximate surface area is 118 Å². The van der Waals surface area contributed by atoms with Crippen molar-refractivity contribution in [3.05, 3.63) is 34.3 Å². The van der Waals surface area contributed by atoms with Crippen LogP contribution in [-0.2, 0) is 0 Å². The van der Waals surface area contributed by atoms with Crippen molar-refractivity contribution in [2.45, 2.75) is 39.7 Å². The van der Waals surface area contributed by atoms with E-state index in [0.717, 1.165) is 18.5 Å². The van der Waals surface area contributed by atoms with Crippen LogP contribution in [0.15, 0.2) is 27.4 Å². The standard InChI is InChI=1S/C16H22N2O2/c1-4-7-17-14(11-9-16(11,2)3)10-5-6-12-13(8-10)20-15(19)18-12/h5-6,8,11,14,17H,4,7,9H2,1-3H3,(H,18,19). The lowest BCUT2D eigenvalue weighted by molar-refractivity contribution is 0.415. The molecule has 1 saturated carbocycles. The Morgan fingerprint density at radius 1 is 1.50 bits per heavy atom. The van der Waals surface area contributed by atoms with Gasteiger partial charge in [0.15, 0.2) is 5.58 Å². The normalized spacial score (nSPS) is 22.1. The molecule has 20 heavy (non-hydrogen) atoms. The van der Waals surface area contributed by atoms with Gasteiger partial charge in [-0.2, -0.15) is 0 Å². The van der Waals surface area contributed by atoms with Crippen LogP contribution in [0, 0.1) is 11.3 Å². The van der Waals surface area contributed by atoms with Gasteiger partial charge in [-0.25, -0.2) is 4.79 Å². The molecule has 2 atom stereocenters. The van der Waals surface area contributed by atoms with E-state index in [0.29, 0.717) is 23.0 Å². The lowest BCUT2D eigenvalue weighted by Crippen LogP contribution is -2.25. The van der Waals surface area contributed by atoms with Gasteiger partial charge in [-0.3, -0.25) is 4.98 Å². The summed E-state index contributed by atoms with van der Waals surface area (Å²) in [6.45, 7) is 7.81. The topological polar surface area (TPSA) is 58.0 Å². The Morgan fingerprint density at radius 3 is 2.90 bits per heavy atom. The van der Waals surface area contributed by atoms with Crippen molar-refractivity contribution < 1.29 is 4.42 Å². The maximum Gasteiger partial charge on any atom is 0.417 e. The predicted molar refractivity (Wildman–Crippen MR) is 79.8 cm³/mol. The summed E-state index contributed by atoms with van der Waals surface area (Å²) < 4.78 is 5.18. The van der Waals surface area contributed by atoms with Gasteiger partial charge in [0.05, 0.1) is 5.52 Å². The van der Waals surface area contributed by atoms with Crippen LogP contribution in [0.1, 0.15) is 45.2 Å². The van der Waals surface area contributed by atoms with Gasteiger partial charge in [0.2, 0.25) is 0 Å². The third-order valence-corrected chi connectivity index (χ3v) is 4.41. The number of nitrogens with one attached hydrogen (secondary N) is 2. The first-order valence-corrected chi connectivity index (χ1v) is 7.37. The first-order chi connectivity index (χ1) is 9.51. The highest BCUT2D eigenvalue weighted by Gasteiger charge is 2.50. The molecule has 0 spiro atoms. The van der Waals surface area contributed by atoms with E-state index in [-0.39, 0.29) is 5.76 Å². The minimum absolute atomic E-state index is 0.342. The number of benzene rings is 1. The first kappa shape index (κ1) is 13.4. The third-order valence-electron chi connectivity index (χ3n) is 4.41. The zero-order valence-electron chi connectivity index (χ0n) is 12.3. The summed E-state index contributed by atoms with van der Waals surface area (Å²) in [5.74, 6) is 0.263. The molecule has 1 aromatic carbocycles. The number of H-pyrrole nitrogens is 1. The Bertz CT molecular complexity index is 668. The highest BCUT2D eigenvalue weighted by atomic mass is 16.4. The summed E-state index contributed by atoms with van der Waals surface area (Å²) in [6, 6.07) is 6.37. The van der Waals surface area contributed by atoms with E-state index in [9.17, 15) is 4.79 Å². The molecule has 1 aliphatic carbocycles. The molecule has 1 aliphatic rings. The largest absolute Gasteiger partial charge is 0.417 e. The van der Waals surface area contributed by atoms with Gasteiger partial charge in [-0.1, -0.05) is 26.8 Å². The molecule has 0 aliphatic heterocycles. The number of hydrogen-bond acceptors (Lipinski definition) is 3. The van der Waals surface area contributed by atoms with Crippen LogP contribution in [0.2, 0.25) is 0 Å². The van der Waals surface area contributed by atoms with E-state index in [1.807, 2.05) is 12.1 Å². The lowest BCUT2D eigenvalue weighted by Gasteiger charge is -2.20. The monoisotopic (exact) mass is 274 g/mol. The molecule has 0 saturated heterocycles. The Morgan fingerprint density at radius 2 is 2.25 bits per heavy atom. The molecule has 0 bridgehead atoms. The maximum atomic E-state index is 11.3. The summed E-state index contributed by atoms with van der Waals surface area (Å²) in [5, 5.41) is 3.64. The smallest absolute Gasteiger partial charge is 0.408 e. The predicted octanol–water partition coefficient (Wildman–Crippen LogP) is 3.21. The van der Waals surface area contributed by atoms with Crippen molar-refractivity contribution in [3.8, 4) is 0 Å². The summed E-state index contributed by atoms with van der Waals surface area (Å²) >= 11 is 0. The summed E-state index contributed by atoms with van der Waals surface area (Å²) in [4.78, 5) is 13.9. The molecule has 0 radical (unpaired) electrons. The molecule has 1 fully saturated rings. The van der Waals surface area contributed by atoms with Gasteiger partial charge >= 0.3 is 5.76 Å². The number of aromatic nitrogens is 1. The second kappa shape index (κ2) is 4.77. The van der Waals surface area contributed by atoms with Gasteiger partial charge in [0.1, 0.15) is 0 Å². The second-order valence-corrected chi connectivity index (χ2v) is 6.50. The van der Waals surface area contributed by atoms with E-state index in [4.69, 9.17) is 4.42 Å². The molecule has 3 rings (SSSR count). The highest BCUT2D eigenvalue weighted by molar-refractivity contribution is 5.73. The Kier molecular flexibility index (Phi) is 3.21. The van der Waals surface area contributed by atoms with Crippen LogP contribution in [0.25, 0.3) is 11.1 Å². The van der Waals surface area contributed by atoms with Crippen molar-refractivity contribution >= 4 is 11.1 Å². The van der Waals surface area contributed by atoms with Gasteiger partial charge in [0, 0.05) is 6.04 Å². The van der Waals surface area contributed by atoms with Crippen molar-refractivity contribution in [1.82, 2.24) is 10.3 Å². The van der Waals surface area contributed by atoms with Crippen LogP contribution >= 0.6 is 0 Å². The summed E-state index contributed by atoms with van der Waals surface area (Å²) in [7, 11) is 0. The van der Waals surface area contributed by atoms with E-state index in [2.05, 4.69) is 37.1 Å².